The number of rotatable bonds is 13. The van der Waals surface area contributed by atoms with E-state index in [9.17, 15) is 14.7 Å². The van der Waals surface area contributed by atoms with Crippen LogP contribution in [0.4, 0.5) is 17.1 Å². The Labute approximate surface area is 759 Å². The fourth-order valence-corrected chi connectivity index (χ4v) is 17.0. The smallest absolute Gasteiger partial charge is 0.512 e. The third kappa shape index (κ3) is 21.6. The fourth-order valence-electron chi connectivity index (χ4n) is 13.4. The molecule has 1 aliphatic carbocycles. The molecule has 2 aliphatic rings. The van der Waals surface area contributed by atoms with Crippen LogP contribution in [0.25, 0.3) is 130 Å². The second-order valence-electron chi connectivity index (χ2n) is 29.3. The van der Waals surface area contributed by atoms with Gasteiger partial charge < -0.3 is 20.0 Å². The number of benzene rings is 8. The number of carbonyl (C=O) groups is 2. The minimum absolute atomic E-state index is 0. The molecular weight excluding hydrogens is 2120 g/mol. The number of ketones is 2. The Morgan fingerprint density at radius 3 is 1.51 bits per heavy atom. The Morgan fingerprint density at radius 2 is 1.00 bits per heavy atom. The van der Waals surface area contributed by atoms with Crippen molar-refractivity contribution in [2.45, 2.75) is 107 Å². The zero-order valence-electron chi connectivity index (χ0n) is 67.9. The molecule has 0 atom stereocenters. The molecule has 1 fully saturated rings. The number of aromatic nitrogens is 14. The number of thiophene rings is 4. The van der Waals surface area contributed by atoms with Crippen LogP contribution in [0.5, 0.6) is 0 Å². The monoisotopic (exact) mass is 2210 g/mol. The summed E-state index contributed by atoms with van der Waals surface area (Å²) >= 11 is 6.64. The molecule has 1 saturated carbocycles. The molecule has 0 amide bonds. The average molecular weight is 2210 g/mol. The number of anilines is 3. The SMILES string of the molecule is CC(=O)C(C)=C(C)O.CC(C(=O)C(C)C)=C(O)C(C)C.CC(C)c1ccc2c(c1)N(C)[CH-]N2c1[c-]cc(C2CCCC2)cc1.[Ir+3].[Ir].[Ir].[c-]1c(-c2nnc(-c3ccc4cnccc4c3)nn2)ccc2cnccc12.[c-]1ccc2ccsc2c1-c1nnc(-c2cccc3ccsc23)nn1.[c-]1ccc2ccsc2c1-c1nnc(-c2cccc3ccsc23)nn1. The minimum atomic E-state index is -0.0787. The maximum atomic E-state index is 11.4. The predicted molar refractivity (Wildman–Crippen MR) is 478 cm³/mol. The van der Waals surface area contributed by atoms with Gasteiger partial charge in [0.1, 0.15) is 23.2 Å². The van der Waals surface area contributed by atoms with E-state index in [0.717, 1.165) is 96.1 Å². The molecule has 9 aromatic heterocycles. The first-order valence-electron chi connectivity index (χ1n) is 38.6. The Bertz CT molecular complexity index is 6000. The van der Waals surface area contributed by atoms with Gasteiger partial charge in [-0.15, -0.1) is 131 Å². The van der Waals surface area contributed by atoms with Crippen LogP contribution < -0.4 is 9.80 Å². The van der Waals surface area contributed by atoms with Gasteiger partial charge in [-0.25, -0.2) is 0 Å². The number of aliphatic hydroxyl groups is 2. The quantitative estimate of drug-likeness (QED) is 0.0617. The van der Waals surface area contributed by atoms with Gasteiger partial charge in [0.05, 0.1) is 5.76 Å². The number of hydrogen-bond donors (Lipinski definition) is 2. The van der Waals surface area contributed by atoms with Crippen molar-refractivity contribution in [3.8, 4) is 68.3 Å². The Balaban J connectivity index is 0.000000146. The van der Waals surface area contributed by atoms with E-state index in [2.05, 4.69) is 227 Å². The number of Topliss-reactive ketones (excluding diaryl/α,β-unsaturated/α-hetero) is 2. The standard InChI is InChI=1S/C22H26N2.C20H11N6.2C18H9N4S2.C10H18O2.C6H10O2.3Ir/c1-16(2)19-10-13-21-22(14-19)23(3)15-24(21)20-11-8-18(9-12-20)17-6-4-5-7-17;1-3-17-11-21-7-5-13(17)9-15(1)19-23-25-20(26-24-19)16-2-4-18-12-22-8-6-14(18)10-16;2*1-3-11-7-9-23-15(11)13(5-1)17-19-21-18(22-20-17)14-6-2-4-12-8-10-24-16(12)14;1-6(2)9(11)8(5)10(12)7(3)4;1-4(5(2)7)6(3)8;;;/h8-11,13-17H,4-7H2,1-3H3;1-9,11-12H;2*1-5,7-10H;6-7,11H,1-5H3;7H,1-3H3;;;/q-2;3*-1;;;;;+3. The van der Waals surface area contributed by atoms with Crippen LogP contribution in [-0.2, 0) is 69.9 Å². The molecule has 8 aromatic carbocycles. The van der Waals surface area contributed by atoms with Crippen LogP contribution in [0.2, 0.25) is 0 Å². The van der Waals surface area contributed by atoms with Crippen LogP contribution in [0.15, 0.2) is 233 Å². The molecular formula is C94H83Ir3N16O4S4-2. The van der Waals surface area contributed by atoms with Crippen LogP contribution in [0.3, 0.4) is 0 Å². The number of hydrogen-bond acceptors (Lipinski definition) is 24. The van der Waals surface area contributed by atoms with E-state index in [0.29, 0.717) is 52.0 Å². The van der Waals surface area contributed by atoms with Crippen molar-refractivity contribution >= 4 is 136 Å². The van der Waals surface area contributed by atoms with Gasteiger partial charge in [-0.05, 0) is 154 Å². The van der Waals surface area contributed by atoms with Gasteiger partial charge in [0.2, 0.25) is 17.5 Å². The zero-order chi connectivity index (χ0) is 82.5. The van der Waals surface area contributed by atoms with Crippen molar-refractivity contribution in [2.24, 2.45) is 11.8 Å². The maximum Gasteiger partial charge on any atom is 3.00 e. The first-order valence-corrected chi connectivity index (χ1v) is 42.1. The van der Waals surface area contributed by atoms with Gasteiger partial charge in [-0.1, -0.05) is 161 Å². The van der Waals surface area contributed by atoms with Gasteiger partial charge in [-0.2, -0.15) is 83.7 Å². The van der Waals surface area contributed by atoms with Crippen molar-refractivity contribution in [3.05, 3.63) is 275 Å². The van der Waals surface area contributed by atoms with Crippen molar-refractivity contribution in [1.82, 2.24) is 71.2 Å². The first kappa shape index (κ1) is 91.0. The molecule has 1 aliphatic heterocycles. The van der Waals surface area contributed by atoms with E-state index in [1.54, 1.807) is 77.8 Å². The van der Waals surface area contributed by atoms with Crippen molar-refractivity contribution in [3.63, 3.8) is 0 Å². The summed E-state index contributed by atoms with van der Waals surface area (Å²) in [5.74, 6) is 4.60. The molecule has 10 heterocycles. The van der Waals surface area contributed by atoms with E-state index in [-0.39, 0.29) is 95.2 Å². The molecule has 19 rings (SSSR count). The normalized spacial score (nSPS) is 12.6. The molecule has 616 valence electrons. The van der Waals surface area contributed by atoms with Crippen LogP contribution in [-0.4, -0.2) is 100.0 Å². The summed E-state index contributed by atoms with van der Waals surface area (Å²) in [6.07, 6.45) is 12.6. The van der Waals surface area contributed by atoms with E-state index < -0.39 is 0 Å². The van der Waals surface area contributed by atoms with Crippen LogP contribution in [0.1, 0.15) is 118 Å². The fraction of sp³-hybridized carbons (Fsp3) is 0.202. The summed E-state index contributed by atoms with van der Waals surface area (Å²) in [6, 6.07) is 68.7. The Hall–Kier alpha value is -10.8. The summed E-state index contributed by atoms with van der Waals surface area (Å²) in [6.45, 7) is 20.2. The molecule has 0 saturated heterocycles. The van der Waals surface area contributed by atoms with Crippen LogP contribution >= 0.6 is 45.3 Å². The minimum Gasteiger partial charge on any atom is -0.512 e. The van der Waals surface area contributed by atoms with Gasteiger partial charge in [0, 0.05) is 118 Å². The largest absolute Gasteiger partial charge is 3.00 e. The van der Waals surface area contributed by atoms with Crippen LogP contribution in [0, 0.1) is 42.8 Å². The van der Waals surface area contributed by atoms with Crippen molar-refractivity contribution in [1.29, 1.82) is 0 Å². The second kappa shape index (κ2) is 42.1. The third-order valence-corrected chi connectivity index (χ3v) is 24.1. The maximum absolute atomic E-state index is 11.4. The number of carbonyl (C=O) groups excluding carboxylic acids is 2. The predicted octanol–water partition coefficient (Wildman–Crippen LogP) is 23.3. The Morgan fingerprint density at radius 1 is 0.488 bits per heavy atom. The van der Waals surface area contributed by atoms with E-state index in [1.165, 1.54) is 72.8 Å². The molecule has 2 N–H and O–H groups in total. The topological polar surface area (TPSA) is 262 Å². The molecule has 27 heteroatoms. The molecule has 20 nitrogen and oxygen atoms in total. The third-order valence-electron chi connectivity index (χ3n) is 20.2. The molecule has 0 bridgehead atoms. The first-order chi connectivity index (χ1) is 57.2. The zero-order valence-corrected chi connectivity index (χ0v) is 78.4. The number of pyridine rings is 2. The molecule has 2 radical (unpaired) electrons. The van der Waals surface area contributed by atoms with Crippen molar-refractivity contribution < 1.29 is 80.1 Å². The average Bonchev–Trinajstić information content (AvgIpc) is 1.79. The van der Waals surface area contributed by atoms with Gasteiger partial charge in [-0.3, -0.25) is 19.6 Å². The van der Waals surface area contributed by atoms with E-state index >= 15 is 0 Å². The van der Waals surface area contributed by atoms with Gasteiger partial charge >= 0.3 is 20.1 Å². The number of aliphatic hydroxyl groups excluding tert-OH is 2. The summed E-state index contributed by atoms with van der Waals surface area (Å²) in [5, 5.41) is 86.5. The molecule has 121 heavy (non-hydrogen) atoms. The summed E-state index contributed by atoms with van der Waals surface area (Å²) in [7, 11) is 2.12. The molecule has 0 spiro atoms. The van der Waals surface area contributed by atoms with Crippen molar-refractivity contribution in [2.75, 3.05) is 16.8 Å². The molecule has 17 aromatic rings. The summed E-state index contributed by atoms with van der Waals surface area (Å²) < 4.78 is 4.52. The van der Waals surface area contributed by atoms with E-state index in [1.807, 2.05) is 125 Å². The second-order valence-corrected chi connectivity index (χ2v) is 32.9. The van der Waals surface area contributed by atoms with E-state index in [4.69, 9.17) is 5.11 Å². The van der Waals surface area contributed by atoms with Gasteiger partial charge in [0.25, 0.3) is 0 Å². The molecule has 0 unspecified atom stereocenters. The van der Waals surface area contributed by atoms with Gasteiger partial charge in [0.15, 0.2) is 11.6 Å². The summed E-state index contributed by atoms with van der Waals surface area (Å²) in [5.41, 5.74) is 12.7. The number of allylic oxidation sites excluding steroid dienone is 4. The number of nitrogens with zero attached hydrogens (tertiary/aromatic N) is 16. The Kier molecular flexibility index (Phi) is 31.7. The number of fused-ring (bicyclic) bond motifs is 7. The summed E-state index contributed by atoms with van der Waals surface area (Å²) in [4.78, 5) is 34.4.